The van der Waals surface area contributed by atoms with Crippen LogP contribution in [0.15, 0.2) is 44.2 Å². The van der Waals surface area contributed by atoms with Crippen LogP contribution in [0, 0.1) is 0 Å². The van der Waals surface area contributed by atoms with E-state index < -0.39 is 11.2 Å². The van der Waals surface area contributed by atoms with E-state index >= 15 is 0 Å². The summed E-state index contributed by atoms with van der Waals surface area (Å²) in [6.45, 7) is 0. The highest BCUT2D eigenvalue weighted by Crippen LogP contribution is 2.16. The first kappa shape index (κ1) is 12.7. The van der Waals surface area contributed by atoms with Crippen molar-refractivity contribution >= 4 is 17.3 Å². The molecule has 0 amide bonds. The topological polar surface area (TPSA) is 108 Å². The second-order valence-corrected chi connectivity index (χ2v) is 3.83. The molecule has 0 saturated carbocycles. The molecule has 0 aromatic carbocycles. The van der Waals surface area contributed by atoms with Gasteiger partial charge in [-0.15, -0.1) is 10.2 Å². The van der Waals surface area contributed by atoms with Gasteiger partial charge in [0.2, 0.25) is 0 Å². The quantitative estimate of drug-likeness (QED) is 0.792. The van der Waals surface area contributed by atoms with Gasteiger partial charge in [-0.25, -0.2) is 9.78 Å². The summed E-state index contributed by atoms with van der Waals surface area (Å²) in [5.74, 6) is 0.311. The van der Waals surface area contributed by atoms with Crippen LogP contribution >= 0.6 is 0 Å². The minimum atomic E-state index is -0.597. The molecule has 8 nitrogen and oxygen atoms in total. The zero-order valence-electron chi connectivity index (χ0n) is 10.4. The van der Waals surface area contributed by atoms with Gasteiger partial charge in [-0.2, -0.15) is 0 Å². The third-order valence-electron chi connectivity index (χ3n) is 2.59. The first-order valence-electron chi connectivity index (χ1n) is 5.40. The number of rotatable bonds is 2. The molecular formula is C11H12N6O2. The summed E-state index contributed by atoms with van der Waals surface area (Å²) >= 11 is 0. The Hall–Kier alpha value is -2.77. The van der Waals surface area contributed by atoms with Crippen LogP contribution in [0.5, 0.6) is 0 Å². The molecule has 98 valence electrons. The fraction of sp³-hybridized carbons (Fsp3) is 0.182. The van der Waals surface area contributed by atoms with Gasteiger partial charge in [-0.1, -0.05) is 6.07 Å². The number of pyridine rings is 1. The molecule has 0 spiro atoms. The van der Waals surface area contributed by atoms with Gasteiger partial charge >= 0.3 is 5.69 Å². The largest absolute Gasteiger partial charge is 0.383 e. The van der Waals surface area contributed by atoms with Gasteiger partial charge in [0.05, 0.1) is 0 Å². The molecule has 0 aliphatic carbocycles. The van der Waals surface area contributed by atoms with E-state index in [2.05, 4.69) is 15.2 Å². The Kier molecular flexibility index (Phi) is 3.23. The molecule has 0 aliphatic rings. The molecule has 2 rings (SSSR count). The Morgan fingerprint density at radius 3 is 2.53 bits per heavy atom. The van der Waals surface area contributed by atoms with Gasteiger partial charge in [0.25, 0.3) is 5.56 Å². The van der Waals surface area contributed by atoms with Gasteiger partial charge < -0.3 is 5.73 Å². The van der Waals surface area contributed by atoms with Crippen LogP contribution in [0.25, 0.3) is 0 Å². The number of azo groups is 1. The minimum absolute atomic E-state index is 0.0345. The van der Waals surface area contributed by atoms with Crippen LogP contribution in [0.3, 0.4) is 0 Å². The van der Waals surface area contributed by atoms with Crippen molar-refractivity contribution in [3.8, 4) is 0 Å². The van der Waals surface area contributed by atoms with Gasteiger partial charge in [-0.05, 0) is 12.1 Å². The van der Waals surface area contributed by atoms with Gasteiger partial charge in [-0.3, -0.25) is 13.9 Å². The first-order valence-corrected chi connectivity index (χ1v) is 5.40. The standard InChI is InChI=1S/C11H12N6O2/c1-16-9(12)8(10(18)17(2)11(16)19)15-14-7-5-3-4-6-13-7/h3-6H,12H2,1-2H3. The number of nitrogen functional groups attached to an aromatic ring is 1. The van der Waals surface area contributed by atoms with E-state index in [9.17, 15) is 9.59 Å². The molecule has 19 heavy (non-hydrogen) atoms. The fourth-order valence-corrected chi connectivity index (χ4v) is 1.45. The second kappa shape index (κ2) is 4.84. The maximum atomic E-state index is 11.9. The highest BCUT2D eigenvalue weighted by molar-refractivity contribution is 5.55. The monoisotopic (exact) mass is 260 g/mol. The van der Waals surface area contributed by atoms with E-state index in [1.54, 1.807) is 24.4 Å². The third-order valence-corrected chi connectivity index (χ3v) is 2.59. The van der Waals surface area contributed by atoms with E-state index in [0.717, 1.165) is 9.13 Å². The van der Waals surface area contributed by atoms with Crippen molar-refractivity contribution in [3.05, 3.63) is 45.2 Å². The number of aromatic nitrogens is 3. The van der Waals surface area contributed by atoms with Crippen LogP contribution in [0.1, 0.15) is 0 Å². The molecule has 0 atom stereocenters. The molecular weight excluding hydrogens is 248 g/mol. The van der Waals surface area contributed by atoms with Gasteiger partial charge in [0, 0.05) is 20.3 Å². The van der Waals surface area contributed by atoms with Crippen molar-refractivity contribution in [3.63, 3.8) is 0 Å². The molecule has 2 aromatic rings. The summed E-state index contributed by atoms with van der Waals surface area (Å²) in [4.78, 5) is 27.4. The summed E-state index contributed by atoms with van der Waals surface area (Å²) in [6.07, 6.45) is 1.55. The summed E-state index contributed by atoms with van der Waals surface area (Å²) in [5, 5.41) is 7.60. The number of anilines is 1. The van der Waals surface area contributed by atoms with Crippen LogP contribution < -0.4 is 17.0 Å². The molecule has 0 unspecified atom stereocenters. The predicted molar refractivity (Wildman–Crippen MR) is 69.7 cm³/mol. The van der Waals surface area contributed by atoms with Crippen molar-refractivity contribution in [2.24, 2.45) is 24.3 Å². The van der Waals surface area contributed by atoms with E-state index in [1.165, 1.54) is 14.1 Å². The molecule has 8 heteroatoms. The number of hydrogen-bond acceptors (Lipinski definition) is 6. The number of hydrogen-bond donors (Lipinski definition) is 1. The SMILES string of the molecule is Cn1c(N)c(N=Nc2ccccn2)c(=O)n(C)c1=O. The van der Waals surface area contributed by atoms with E-state index in [4.69, 9.17) is 5.73 Å². The molecule has 0 saturated heterocycles. The van der Waals surface area contributed by atoms with Crippen molar-refractivity contribution in [1.29, 1.82) is 0 Å². The number of nitrogens with zero attached hydrogens (tertiary/aromatic N) is 5. The summed E-state index contributed by atoms with van der Waals surface area (Å²) in [7, 11) is 2.81. The van der Waals surface area contributed by atoms with Crippen molar-refractivity contribution in [1.82, 2.24) is 14.1 Å². The maximum absolute atomic E-state index is 11.9. The minimum Gasteiger partial charge on any atom is -0.383 e. The molecule has 0 aliphatic heterocycles. The Labute approximate surface area is 107 Å². The fourth-order valence-electron chi connectivity index (χ4n) is 1.45. The van der Waals surface area contributed by atoms with E-state index in [-0.39, 0.29) is 11.5 Å². The normalized spacial score (nSPS) is 11.1. The Morgan fingerprint density at radius 2 is 1.89 bits per heavy atom. The zero-order valence-corrected chi connectivity index (χ0v) is 10.4. The van der Waals surface area contributed by atoms with Gasteiger partial charge in [0.1, 0.15) is 5.82 Å². The average molecular weight is 260 g/mol. The molecule has 2 aromatic heterocycles. The van der Waals surface area contributed by atoms with Crippen LogP contribution in [0.2, 0.25) is 0 Å². The first-order chi connectivity index (χ1) is 9.02. The lowest BCUT2D eigenvalue weighted by Crippen LogP contribution is -2.37. The van der Waals surface area contributed by atoms with Crippen LogP contribution in [-0.2, 0) is 14.1 Å². The molecule has 2 heterocycles. The van der Waals surface area contributed by atoms with Crippen LogP contribution in [0.4, 0.5) is 17.3 Å². The Bertz CT molecular complexity index is 744. The summed E-state index contributed by atoms with van der Waals surface area (Å²) in [5.41, 5.74) is 4.49. The smallest absolute Gasteiger partial charge is 0.332 e. The van der Waals surface area contributed by atoms with Crippen molar-refractivity contribution in [2.75, 3.05) is 5.73 Å². The zero-order chi connectivity index (χ0) is 14.0. The highest BCUT2D eigenvalue weighted by atomic mass is 16.2. The molecule has 0 radical (unpaired) electrons. The van der Waals surface area contributed by atoms with Crippen LogP contribution in [-0.4, -0.2) is 14.1 Å². The molecule has 0 fully saturated rings. The highest BCUT2D eigenvalue weighted by Gasteiger charge is 2.12. The second-order valence-electron chi connectivity index (χ2n) is 3.83. The van der Waals surface area contributed by atoms with Gasteiger partial charge in [0.15, 0.2) is 11.5 Å². The lowest BCUT2D eigenvalue weighted by atomic mass is 10.4. The number of nitrogens with two attached hydrogens (primary N) is 1. The lowest BCUT2D eigenvalue weighted by molar-refractivity contribution is 0.694. The summed E-state index contributed by atoms with van der Waals surface area (Å²) in [6, 6.07) is 5.11. The average Bonchev–Trinajstić information content (AvgIpc) is 2.44. The van der Waals surface area contributed by atoms with E-state index in [0.29, 0.717) is 5.82 Å². The molecule has 2 N–H and O–H groups in total. The Morgan fingerprint density at radius 1 is 1.16 bits per heavy atom. The third kappa shape index (κ3) is 2.28. The van der Waals surface area contributed by atoms with Crippen molar-refractivity contribution in [2.45, 2.75) is 0 Å². The maximum Gasteiger partial charge on any atom is 0.332 e. The molecule has 0 bridgehead atoms. The van der Waals surface area contributed by atoms with Crippen molar-refractivity contribution < 1.29 is 0 Å². The van der Waals surface area contributed by atoms with E-state index in [1.807, 2.05) is 0 Å². The lowest BCUT2D eigenvalue weighted by Gasteiger charge is -2.07. The summed E-state index contributed by atoms with van der Waals surface area (Å²) < 4.78 is 2.05. The Balaban J connectivity index is 2.56. The predicted octanol–water partition coefficient (Wildman–Crippen LogP) is 0.477.